The Balaban J connectivity index is 1.22. The quantitative estimate of drug-likeness (QED) is 0.240. The molecular formula is C29H22Cl3NO5. The van der Waals surface area contributed by atoms with Gasteiger partial charge < -0.3 is 19.1 Å². The largest absolute Gasteiger partial charge is 0.489 e. The molecule has 0 spiro atoms. The molecule has 2 heterocycles. The Morgan fingerprint density at radius 2 is 1.79 bits per heavy atom. The fourth-order valence-corrected chi connectivity index (χ4v) is 5.65. The number of carboxylic acids is 1. The maximum absolute atomic E-state index is 11.4. The number of rotatable bonds is 7. The zero-order valence-corrected chi connectivity index (χ0v) is 22.3. The van der Waals surface area contributed by atoms with Crippen LogP contribution in [0.4, 0.5) is 0 Å². The molecule has 0 bridgehead atoms. The first kappa shape index (κ1) is 25.1. The topological polar surface area (TPSA) is 81.8 Å². The lowest BCUT2D eigenvalue weighted by molar-refractivity contribution is 0.0695. The van der Waals surface area contributed by atoms with Gasteiger partial charge in [0.25, 0.3) is 0 Å². The van der Waals surface area contributed by atoms with E-state index in [1.807, 2.05) is 12.1 Å². The number of hydrogen-bond acceptors (Lipinski definition) is 5. The van der Waals surface area contributed by atoms with E-state index in [1.54, 1.807) is 42.5 Å². The van der Waals surface area contributed by atoms with Crippen molar-refractivity contribution in [1.29, 1.82) is 0 Å². The van der Waals surface area contributed by atoms with Crippen LogP contribution in [-0.4, -0.2) is 16.2 Å². The Kier molecular flexibility index (Phi) is 6.72. The van der Waals surface area contributed by atoms with Crippen LogP contribution in [0.2, 0.25) is 15.1 Å². The molecule has 1 N–H and O–H groups in total. The van der Waals surface area contributed by atoms with Crippen LogP contribution in [0.15, 0.2) is 59.1 Å². The van der Waals surface area contributed by atoms with Gasteiger partial charge in [0.2, 0.25) is 0 Å². The van der Waals surface area contributed by atoms with Crippen LogP contribution in [-0.2, 0) is 13.0 Å². The van der Waals surface area contributed by atoms with Gasteiger partial charge in [-0.2, -0.15) is 0 Å². The Morgan fingerprint density at radius 3 is 2.50 bits per heavy atom. The van der Waals surface area contributed by atoms with E-state index < -0.39 is 5.97 Å². The summed E-state index contributed by atoms with van der Waals surface area (Å²) in [5.74, 6) is 1.28. The smallest absolute Gasteiger partial charge is 0.335 e. The second-order valence-corrected chi connectivity index (χ2v) is 10.7. The first-order chi connectivity index (χ1) is 18.4. The van der Waals surface area contributed by atoms with Crippen molar-refractivity contribution >= 4 is 40.8 Å². The third kappa shape index (κ3) is 4.84. The van der Waals surface area contributed by atoms with E-state index in [0.29, 0.717) is 43.7 Å². The zero-order chi connectivity index (χ0) is 26.4. The Labute approximate surface area is 234 Å². The number of hydrogen-bond donors (Lipinski definition) is 1. The number of carboxylic acid groups (broad SMARTS) is 1. The van der Waals surface area contributed by atoms with Crippen LogP contribution >= 0.6 is 34.8 Å². The van der Waals surface area contributed by atoms with Crippen molar-refractivity contribution in [3.8, 4) is 22.8 Å². The van der Waals surface area contributed by atoms with Gasteiger partial charge in [0.1, 0.15) is 35.7 Å². The first-order valence-electron chi connectivity index (χ1n) is 12.3. The number of ether oxygens (including phenoxy) is 2. The summed E-state index contributed by atoms with van der Waals surface area (Å²) >= 11 is 19.6. The molecule has 1 atom stereocenters. The molecule has 2 aliphatic rings. The molecule has 3 aromatic carbocycles. The van der Waals surface area contributed by atoms with E-state index in [0.717, 1.165) is 48.1 Å². The van der Waals surface area contributed by atoms with Gasteiger partial charge in [0.15, 0.2) is 0 Å². The van der Waals surface area contributed by atoms with Crippen LogP contribution in [0.5, 0.6) is 11.5 Å². The fourth-order valence-electron chi connectivity index (χ4n) is 4.78. The van der Waals surface area contributed by atoms with Crippen molar-refractivity contribution < 1.29 is 23.9 Å². The summed E-state index contributed by atoms with van der Waals surface area (Å²) in [6.45, 7) is 0.215. The number of aryl methyl sites for hydroxylation is 1. The maximum Gasteiger partial charge on any atom is 0.335 e. The van der Waals surface area contributed by atoms with Gasteiger partial charge >= 0.3 is 5.97 Å². The second kappa shape index (κ2) is 10.2. The molecule has 0 radical (unpaired) electrons. The average Bonchev–Trinajstić information content (AvgIpc) is 3.67. The first-order valence-corrected chi connectivity index (χ1v) is 13.4. The standard InChI is InChI=1S/C29H22Cl3NO5/c30-21-2-1-3-22(31)26(21)27-20(28(38-33-27)16-5-6-16)14-36-18-9-10-19(23(32)13-18)24-11-8-15-4-7-17(29(34)35)12-25(15)37-24/h1-4,7,9-10,12-13,16,24H,5-6,8,11,14H2,(H,34,35). The van der Waals surface area contributed by atoms with Gasteiger partial charge in [0, 0.05) is 17.0 Å². The van der Waals surface area contributed by atoms with Crippen LogP contribution in [0.25, 0.3) is 11.3 Å². The minimum absolute atomic E-state index is 0.191. The lowest BCUT2D eigenvalue weighted by atomic mass is 9.96. The van der Waals surface area contributed by atoms with E-state index >= 15 is 0 Å². The Hall–Kier alpha value is -3.19. The molecule has 0 saturated heterocycles. The molecule has 1 unspecified atom stereocenters. The Bertz CT molecular complexity index is 1530. The van der Waals surface area contributed by atoms with E-state index in [1.165, 1.54) is 0 Å². The van der Waals surface area contributed by atoms with Crippen molar-refractivity contribution in [3.63, 3.8) is 0 Å². The van der Waals surface area contributed by atoms with E-state index in [4.69, 9.17) is 48.8 Å². The minimum Gasteiger partial charge on any atom is -0.489 e. The molecule has 6 rings (SSSR count). The normalized spacial score (nSPS) is 16.6. The molecule has 194 valence electrons. The lowest BCUT2D eigenvalue weighted by Gasteiger charge is -2.27. The van der Waals surface area contributed by atoms with E-state index in [2.05, 4.69) is 5.16 Å². The van der Waals surface area contributed by atoms with Crippen molar-refractivity contribution in [3.05, 3.63) is 97.7 Å². The van der Waals surface area contributed by atoms with E-state index in [9.17, 15) is 9.90 Å². The lowest BCUT2D eigenvalue weighted by Crippen LogP contribution is -2.16. The van der Waals surface area contributed by atoms with Crippen molar-refractivity contribution in [1.82, 2.24) is 5.16 Å². The number of fused-ring (bicyclic) bond motifs is 1. The predicted molar refractivity (Wildman–Crippen MR) is 145 cm³/mol. The molecule has 6 nitrogen and oxygen atoms in total. The van der Waals surface area contributed by atoms with Crippen LogP contribution in [0, 0.1) is 0 Å². The predicted octanol–water partition coefficient (Wildman–Crippen LogP) is 8.52. The molecule has 1 aromatic heterocycles. The number of aromatic nitrogens is 1. The summed E-state index contributed by atoms with van der Waals surface area (Å²) in [4.78, 5) is 11.4. The average molecular weight is 571 g/mol. The monoisotopic (exact) mass is 569 g/mol. The highest BCUT2D eigenvalue weighted by Crippen LogP contribution is 2.46. The molecule has 1 aliphatic heterocycles. The number of benzene rings is 3. The molecular weight excluding hydrogens is 549 g/mol. The second-order valence-electron chi connectivity index (χ2n) is 9.49. The Morgan fingerprint density at radius 1 is 1.00 bits per heavy atom. The van der Waals surface area contributed by atoms with Gasteiger partial charge in [0.05, 0.1) is 26.2 Å². The maximum atomic E-state index is 11.4. The molecule has 4 aromatic rings. The number of carbonyl (C=O) groups is 1. The molecule has 0 amide bonds. The molecule has 9 heteroatoms. The van der Waals surface area contributed by atoms with Gasteiger partial charge in [-0.25, -0.2) is 4.79 Å². The summed E-state index contributed by atoms with van der Waals surface area (Å²) < 4.78 is 18.0. The number of aromatic carboxylic acids is 1. The third-order valence-electron chi connectivity index (χ3n) is 6.93. The van der Waals surface area contributed by atoms with Crippen LogP contribution in [0.1, 0.15) is 64.1 Å². The van der Waals surface area contributed by atoms with Gasteiger partial charge in [-0.05, 0) is 67.6 Å². The van der Waals surface area contributed by atoms with Crippen LogP contribution in [0.3, 0.4) is 0 Å². The van der Waals surface area contributed by atoms with Gasteiger partial charge in [-0.3, -0.25) is 0 Å². The van der Waals surface area contributed by atoms with E-state index in [-0.39, 0.29) is 18.3 Å². The molecule has 1 aliphatic carbocycles. The molecule has 38 heavy (non-hydrogen) atoms. The van der Waals surface area contributed by atoms with Gasteiger partial charge in [-0.15, -0.1) is 0 Å². The number of halogens is 3. The summed E-state index contributed by atoms with van der Waals surface area (Å²) in [7, 11) is 0. The summed E-state index contributed by atoms with van der Waals surface area (Å²) in [6.07, 6.45) is 3.28. The number of nitrogens with zero attached hydrogens (tertiary/aromatic N) is 1. The molecule has 1 saturated carbocycles. The van der Waals surface area contributed by atoms with Crippen molar-refractivity contribution in [2.24, 2.45) is 0 Å². The zero-order valence-electron chi connectivity index (χ0n) is 20.0. The minimum atomic E-state index is -0.990. The summed E-state index contributed by atoms with van der Waals surface area (Å²) in [5, 5.41) is 15.1. The summed E-state index contributed by atoms with van der Waals surface area (Å²) in [6, 6.07) is 15.8. The van der Waals surface area contributed by atoms with Crippen LogP contribution < -0.4 is 9.47 Å². The fraction of sp³-hybridized carbons (Fsp3) is 0.241. The molecule has 1 fully saturated rings. The third-order valence-corrected chi connectivity index (χ3v) is 7.88. The highest BCUT2D eigenvalue weighted by molar-refractivity contribution is 6.39. The van der Waals surface area contributed by atoms with Gasteiger partial charge in [-0.1, -0.05) is 58.2 Å². The van der Waals surface area contributed by atoms with Crippen molar-refractivity contribution in [2.75, 3.05) is 0 Å². The highest BCUT2D eigenvalue weighted by atomic mass is 35.5. The highest BCUT2D eigenvalue weighted by Gasteiger charge is 2.34. The SMILES string of the molecule is O=C(O)c1ccc2c(c1)OC(c1ccc(OCc3c(-c4c(Cl)cccc4Cl)noc3C3CC3)cc1Cl)CC2. The summed E-state index contributed by atoms with van der Waals surface area (Å²) in [5.41, 5.74) is 4.02. The van der Waals surface area contributed by atoms with Crippen molar-refractivity contribution in [2.45, 2.75) is 44.3 Å².